The molecule has 5 nitrogen and oxygen atoms in total. The molecule has 0 bridgehead atoms. The first kappa shape index (κ1) is 16.7. The van der Waals surface area contributed by atoms with E-state index in [0.717, 1.165) is 18.9 Å². The second kappa shape index (κ2) is 6.60. The largest absolute Gasteiger partial charge is 0.491 e. The van der Waals surface area contributed by atoms with Crippen LogP contribution in [0.15, 0.2) is 17.0 Å². The molecule has 0 saturated heterocycles. The lowest BCUT2D eigenvalue weighted by Crippen LogP contribution is -2.26. The van der Waals surface area contributed by atoms with Gasteiger partial charge in [0.15, 0.2) is 0 Å². The zero-order valence-corrected chi connectivity index (χ0v) is 13.8. The third-order valence-corrected chi connectivity index (χ3v) is 4.86. The summed E-state index contributed by atoms with van der Waals surface area (Å²) >= 11 is 11.7. The van der Waals surface area contributed by atoms with Crippen LogP contribution in [0.25, 0.3) is 0 Å². The minimum Gasteiger partial charge on any atom is -0.491 e. The molecule has 0 atom stereocenters. The smallest absolute Gasteiger partial charge is 0.262 e. The Bertz CT molecular complexity index is 659. The fraction of sp³-hybridized carbons (Fsp3) is 0.417. The highest BCUT2D eigenvalue weighted by Crippen LogP contribution is 2.35. The molecule has 2 rings (SSSR count). The van der Waals surface area contributed by atoms with Gasteiger partial charge in [-0.25, -0.2) is 8.42 Å². The minimum atomic E-state index is -3.98. The Morgan fingerprint density at radius 2 is 1.95 bits per heavy atom. The molecular formula is C12H12Cl3NO4S. The van der Waals surface area contributed by atoms with Crippen molar-refractivity contribution in [3.8, 4) is 5.75 Å². The lowest BCUT2D eigenvalue weighted by atomic mass is 10.3. The molecule has 116 valence electrons. The number of benzene rings is 1. The van der Waals surface area contributed by atoms with Gasteiger partial charge in [-0.2, -0.15) is 0 Å². The van der Waals surface area contributed by atoms with Gasteiger partial charge in [0, 0.05) is 22.8 Å². The maximum atomic E-state index is 11.5. The predicted octanol–water partition coefficient (Wildman–Crippen LogP) is 2.97. The van der Waals surface area contributed by atoms with E-state index >= 15 is 0 Å². The molecule has 1 fully saturated rings. The molecule has 21 heavy (non-hydrogen) atoms. The Morgan fingerprint density at radius 1 is 1.29 bits per heavy atom. The summed E-state index contributed by atoms with van der Waals surface area (Å²) in [6, 6.07) is 2.67. The van der Waals surface area contributed by atoms with Gasteiger partial charge in [-0.3, -0.25) is 4.79 Å². The Kier molecular flexibility index (Phi) is 5.24. The lowest BCUT2D eigenvalue weighted by molar-refractivity contribution is -0.121. The molecule has 1 aliphatic rings. The Labute approximate surface area is 136 Å². The van der Waals surface area contributed by atoms with E-state index in [-0.39, 0.29) is 39.6 Å². The molecule has 1 aromatic rings. The maximum Gasteiger partial charge on any atom is 0.262 e. The SMILES string of the molecule is O=C(CCOc1cc(Cl)c(S(=O)(=O)Cl)cc1Cl)NC1CC1. The summed E-state index contributed by atoms with van der Waals surface area (Å²) in [6.07, 6.45) is 2.21. The molecule has 0 aliphatic heterocycles. The summed E-state index contributed by atoms with van der Waals surface area (Å²) in [4.78, 5) is 11.2. The standard InChI is InChI=1S/C12H12Cl3NO4S/c13-8-6-11(21(15,18)19)9(14)5-10(8)20-4-3-12(17)16-7-1-2-7/h5-7H,1-4H2,(H,16,17). The van der Waals surface area contributed by atoms with E-state index in [1.807, 2.05) is 0 Å². The fourth-order valence-electron chi connectivity index (χ4n) is 1.59. The first-order chi connectivity index (χ1) is 9.77. The molecule has 9 heteroatoms. The number of carbonyl (C=O) groups is 1. The van der Waals surface area contributed by atoms with E-state index in [9.17, 15) is 13.2 Å². The van der Waals surface area contributed by atoms with Crippen LogP contribution in [0.4, 0.5) is 0 Å². The van der Waals surface area contributed by atoms with Crippen molar-refractivity contribution in [1.82, 2.24) is 5.32 Å². The molecule has 1 saturated carbocycles. The average molecular weight is 373 g/mol. The number of nitrogens with one attached hydrogen (secondary N) is 1. The van der Waals surface area contributed by atoms with Gasteiger partial charge in [0.25, 0.3) is 9.05 Å². The number of halogens is 3. The van der Waals surface area contributed by atoms with Gasteiger partial charge in [0.2, 0.25) is 5.91 Å². The summed E-state index contributed by atoms with van der Waals surface area (Å²) < 4.78 is 27.9. The van der Waals surface area contributed by atoms with Crippen LogP contribution in [-0.2, 0) is 13.8 Å². The van der Waals surface area contributed by atoms with Crippen LogP contribution in [0.2, 0.25) is 10.0 Å². The van der Waals surface area contributed by atoms with Crippen molar-refractivity contribution in [1.29, 1.82) is 0 Å². The highest BCUT2D eigenvalue weighted by Gasteiger charge is 2.23. The molecule has 0 radical (unpaired) electrons. The van der Waals surface area contributed by atoms with E-state index in [2.05, 4.69) is 5.32 Å². The molecule has 0 spiro atoms. The summed E-state index contributed by atoms with van der Waals surface area (Å²) in [7, 11) is 1.25. The van der Waals surface area contributed by atoms with Crippen molar-refractivity contribution in [3.63, 3.8) is 0 Å². The molecule has 1 N–H and O–H groups in total. The zero-order valence-electron chi connectivity index (χ0n) is 10.7. The summed E-state index contributed by atoms with van der Waals surface area (Å²) in [5.74, 6) is 0.102. The van der Waals surface area contributed by atoms with Gasteiger partial charge in [-0.1, -0.05) is 23.2 Å². The van der Waals surface area contributed by atoms with Crippen LogP contribution in [0.1, 0.15) is 19.3 Å². The van der Waals surface area contributed by atoms with E-state index < -0.39 is 9.05 Å². The second-order valence-corrected chi connectivity index (χ2v) is 7.94. The fourth-order valence-corrected chi connectivity index (χ4v) is 3.38. The molecule has 0 unspecified atom stereocenters. The van der Waals surface area contributed by atoms with Gasteiger partial charge in [0.1, 0.15) is 10.6 Å². The summed E-state index contributed by atoms with van der Waals surface area (Å²) in [5.41, 5.74) is 0. The van der Waals surface area contributed by atoms with Crippen LogP contribution in [-0.4, -0.2) is 27.0 Å². The number of carbonyl (C=O) groups excluding carboxylic acids is 1. The van der Waals surface area contributed by atoms with E-state index in [4.69, 9.17) is 38.6 Å². The monoisotopic (exact) mass is 371 g/mol. The van der Waals surface area contributed by atoms with Crippen molar-refractivity contribution in [2.24, 2.45) is 0 Å². The van der Waals surface area contributed by atoms with Crippen molar-refractivity contribution in [2.45, 2.75) is 30.2 Å². The zero-order chi connectivity index (χ0) is 15.6. The third-order valence-electron chi connectivity index (χ3n) is 2.78. The van der Waals surface area contributed by atoms with Crippen LogP contribution in [0, 0.1) is 0 Å². The normalized spacial score (nSPS) is 14.8. The van der Waals surface area contributed by atoms with E-state index in [1.165, 1.54) is 6.07 Å². The molecule has 1 amide bonds. The van der Waals surface area contributed by atoms with Gasteiger partial charge in [-0.15, -0.1) is 0 Å². The van der Waals surface area contributed by atoms with Crippen molar-refractivity contribution < 1.29 is 17.9 Å². The van der Waals surface area contributed by atoms with E-state index in [0.29, 0.717) is 6.04 Å². The number of hydrogen-bond donors (Lipinski definition) is 1. The summed E-state index contributed by atoms with van der Waals surface area (Å²) in [5, 5.41) is 2.79. The maximum absolute atomic E-state index is 11.5. The predicted molar refractivity (Wildman–Crippen MR) is 80.8 cm³/mol. The van der Waals surface area contributed by atoms with Crippen molar-refractivity contribution in [3.05, 3.63) is 22.2 Å². The number of ether oxygens (including phenoxy) is 1. The first-order valence-electron chi connectivity index (χ1n) is 6.13. The van der Waals surface area contributed by atoms with Crippen LogP contribution in [0.5, 0.6) is 5.75 Å². The van der Waals surface area contributed by atoms with Crippen molar-refractivity contribution in [2.75, 3.05) is 6.61 Å². The van der Waals surface area contributed by atoms with Gasteiger partial charge < -0.3 is 10.1 Å². The topological polar surface area (TPSA) is 72.5 Å². The molecule has 1 aliphatic carbocycles. The highest BCUT2D eigenvalue weighted by molar-refractivity contribution is 8.13. The molecular weight excluding hydrogens is 361 g/mol. The first-order valence-corrected chi connectivity index (χ1v) is 9.20. The Morgan fingerprint density at radius 3 is 2.52 bits per heavy atom. The van der Waals surface area contributed by atoms with Gasteiger partial charge in [0.05, 0.1) is 23.1 Å². The number of rotatable bonds is 6. The second-order valence-electron chi connectivity index (χ2n) is 4.59. The number of hydrogen-bond acceptors (Lipinski definition) is 4. The Balaban J connectivity index is 1.97. The van der Waals surface area contributed by atoms with Gasteiger partial charge in [-0.05, 0) is 18.9 Å². The molecule has 0 aromatic heterocycles. The third kappa shape index (κ3) is 4.92. The average Bonchev–Trinajstić information content (AvgIpc) is 3.15. The molecule has 0 heterocycles. The number of amides is 1. The summed E-state index contributed by atoms with van der Waals surface area (Å²) in [6.45, 7) is 0.113. The van der Waals surface area contributed by atoms with Crippen LogP contribution >= 0.6 is 33.9 Å². The van der Waals surface area contributed by atoms with Gasteiger partial charge >= 0.3 is 0 Å². The minimum absolute atomic E-state index is 0.0567. The lowest BCUT2D eigenvalue weighted by Gasteiger charge is -2.10. The van der Waals surface area contributed by atoms with Crippen LogP contribution < -0.4 is 10.1 Å². The highest BCUT2D eigenvalue weighted by atomic mass is 35.7. The molecule has 1 aromatic carbocycles. The Hall–Kier alpha value is -0.690. The van der Waals surface area contributed by atoms with E-state index in [1.54, 1.807) is 0 Å². The quantitative estimate of drug-likeness (QED) is 0.779. The van der Waals surface area contributed by atoms with Crippen LogP contribution in [0.3, 0.4) is 0 Å². The van der Waals surface area contributed by atoms with Crippen molar-refractivity contribution >= 4 is 48.8 Å².